The summed E-state index contributed by atoms with van der Waals surface area (Å²) in [7, 11) is 1.60. The molecular weight excluding hydrogens is 254 g/mol. The number of nitrogen functional groups attached to an aromatic ring is 1. The maximum atomic E-state index is 7.63. The van der Waals surface area contributed by atoms with Crippen LogP contribution in [0.4, 0.5) is 0 Å². The number of nitrogens with zero attached hydrogens (tertiary/aromatic N) is 1. The first-order chi connectivity index (χ1) is 9.65. The topological polar surface area (TPSA) is 71.6 Å². The Bertz CT molecular complexity index is 506. The van der Waals surface area contributed by atoms with E-state index >= 15 is 0 Å². The second kappa shape index (κ2) is 5.42. The predicted octanol–water partition coefficient (Wildman–Crippen LogP) is 1.34. The molecule has 2 aliphatic rings. The fourth-order valence-corrected chi connectivity index (χ4v) is 3.15. The van der Waals surface area contributed by atoms with Gasteiger partial charge in [0.15, 0.2) is 0 Å². The first-order valence-electron chi connectivity index (χ1n) is 7.05. The van der Waals surface area contributed by atoms with Crippen LogP contribution in [0.25, 0.3) is 0 Å². The third-order valence-electron chi connectivity index (χ3n) is 4.08. The van der Waals surface area contributed by atoms with Gasteiger partial charge in [0.1, 0.15) is 11.6 Å². The SMILES string of the molecule is COc1ccc(CN2CC3CCC(C2)O3)cc1C(=N)N. The molecule has 0 aromatic heterocycles. The molecule has 1 aromatic carbocycles. The predicted molar refractivity (Wildman–Crippen MR) is 77.2 cm³/mol. The van der Waals surface area contributed by atoms with Crippen molar-refractivity contribution in [2.24, 2.45) is 5.73 Å². The molecule has 2 fully saturated rings. The van der Waals surface area contributed by atoms with Gasteiger partial charge in [0.25, 0.3) is 0 Å². The van der Waals surface area contributed by atoms with Crippen LogP contribution in [0.2, 0.25) is 0 Å². The molecule has 108 valence electrons. The number of nitrogens with two attached hydrogens (primary N) is 1. The molecule has 0 saturated carbocycles. The van der Waals surface area contributed by atoms with Crippen LogP contribution < -0.4 is 10.5 Å². The summed E-state index contributed by atoms with van der Waals surface area (Å²) in [5.74, 6) is 0.703. The Labute approximate surface area is 119 Å². The van der Waals surface area contributed by atoms with Crippen LogP contribution in [0.5, 0.6) is 5.75 Å². The van der Waals surface area contributed by atoms with Gasteiger partial charge < -0.3 is 15.2 Å². The van der Waals surface area contributed by atoms with Gasteiger partial charge >= 0.3 is 0 Å². The third-order valence-corrected chi connectivity index (χ3v) is 4.08. The third kappa shape index (κ3) is 2.64. The number of fused-ring (bicyclic) bond motifs is 2. The van der Waals surface area contributed by atoms with Gasteiger partial charge in [-0.3, -0.25) is 10.3 Å². The molecule has 0 aliphatic carbocycles. The van der Waals surface area contributed by atoms with Crippen molar-refractivity contribution in [3.8, 4) is 5.75 Å². The Morgan fingerprint density at radius 1 is 1.40 bits per heavy atom. The van der Waals surface area contributed by atoms with Crippen LogP contribution >= 0.6 is 0 Å². The zero-order valence-electron chi connectivity index (χ0n) is 11.8. The summed E-state index contributed by atoms with van der Waals surface area (Å²) in [6.45, 7) is 2.87. The quantitative estimate of drug-likeness (QED) is 0.642. The van der Waals surface area contributed by atoms with Crippen LogP contribution in [-0.2, 0) is 11.3 Å². The lowest BCUT2D eigenvalue weighted by Gasteiger charge is -2.32. The molecule has 2 unspecified atom stereocenters. The normalized spacial score (nSPS) is 25.6. The monoisotopic (exact) mass is 275 g/mol. The second-order valence-corrected chi connectivity index (χ2v) is 5.60. The minimum Gasteiger partial charge on any atom is -0.496 e. The Morgan fingerprint density at radius 3 is 2.70 bits per heavy atom. The molecule has 5 heteroatoms. The average molecular weight is 275 g/mol. The molecule has 2 saturated heterocycles. The summed E-state index contributed by atoms with van der Waals surface area (Å²) in [6.07, 6.45) is 3.17. The van der Waals surface area contributed by atoms with E-state index in [1.165, 1.54) is 12.8 Å². The van der Waals surface area contributed by atoms with Crippen molar-refractivity contribution in [2.45, 2.75) is 31.6 Å². The fraction of sp³-hybridized carbons (Fsp3) is 0.533. The van der Waals surface area contributed by atoms with E-state index in [4.69, 9.17) is 20.6 Å². The van der Waals surface area contributed by atoms with Crippen molar-refractivity contribution in [2.75, 3.05) is 20.2 Å². The largest absolute Gasteiger partial charge is 0.496 e. The van der Waals surface area contributed by atoms with E-state index in [0.29, 0.717) is 23.5 Å². The number of morpholine rings is 1. The van der Waals surface area contributed by atoms with Crippen LogP contribution in [0.1, 0.15) is 24.0 Å². The van der Waals surface area contributed by atoms with E-state index in [1.807, 2.05) is 18.2 Å². The number of hydrogen-bond acceptors (Lipinski definition) is 4. The molecule has 2 heterocycles. The lowest BCUT2D eigenvalue weighted by Crippen LogP contribution is -2.42. The number of hydrogen-bond donors (Lipinski definition) is 2. The van der Waals surface area contributed by atoms with Gasteiger partial charge in [0.2, 0.25) is 0 Å². The molecule has 2 atom stereocenters. The highest BCUT2D eigenvalue weighted by molar-refractivity contribution is 5.97. The Balaban J connectivity index is 1.74. The minimum atomic E-state index is 0.0470. The van der Waals surface area contributed by atoms with Crippen LogP contribution in [-0.4, -0.2) is 43.1 Å². The lowest BCUT2D eigenvalue weighted by atomic mass is 10.1. The summed E-state index contributed by atoms with van der Waals surface area (Å²) < 4.78 is 11.1. The molecule has 2 bridgehead atoms. The van der Waals surface area contributed by atoms with Gasteiger partial charge in [-0.15, -0.1) is 0 Å². The van der Waals surface area contributed by atoms with Gasteiger partial charge in [0, 0.05) is 19.6 Å². The second-order valence-electron chi connectivity index (χ2n) is 5.60. The Morgan fingerprint density at radius 2 is 2.10 bits per heavy atom. The number of nitrogens with one attached hydrogen (secondary N) is 1. The van der Waals surface area contributed by atoms with E-state index in [1.54, 1.807) is 7.11 Å². The van der Waals surface area contributed by atoms with Gasteiger partial charge in [-0.25, -0.2) is 0 Å². The zero-order valence-corrected chi connectivity index (χ0v) is 11.8. The average Bonchev–Trinajstić information content (AvgIpc) is 2.78. The summed E-state index contributed by atoms with van der Waals surface area (Å²) >= 11 is 0. The number of ether oxygens (including phenoxy) is 2. The summed E-state index contributed by atoms with van der Waals surface area (Å²) in [6, 6.07) is 5.89. The molecule has 0 spiro atoms. The van der Waals surface area contributed by atoms with Crippen molar-refractivity contribution in [1.82, 2.24) is 4.90 Å². The number of amidine groups is 1. The van der Waals surface area contributed by atoms with E-state index < -0.39 is 0 Å². The number of benzene rings is 1. The van der Waals surface area contributed by atoms with E-state index in [-0.39, 0.29) is 5.84 Å². The van der Waals surface area contributed by atoms with Crippen LogP contribution in [0.3, 0.4) is 0 Å². The number of likely N-dealkylation sites (tertiary alicyclic amines) is 1. The van der Waals surface area contributed by atoms with Gasteiger partial charge in [0.05, 0.1) is 24.9 Å². The molecule has 3 rings (SSSR count). The maximum absolute atomic E-state index is 7.63. The van der Waals surface area contributed by atoms with Crippen molar-refractivity contribution < 1.29 is 9.47 Å². The molecule has 3 N–H and O–H groups in total. The number of methoxy groups -OCH3 is 1. The Hall–Kier alpha value is -1.59. The lowest BCUT2D eigenvalue weighted by molar-refractivity contribution is -0.0410. The van der Waals surface area contributed by atoms with Gasteiger partial charge in [-0.1, -0.05) is 6.07 Å². The minimum absolute atomic E-state index is 0.0470. The highest BCUT2D eigenvalue weighted by Crippen LogP contribution is 2.28. The fourth-order valence-electron chi connectivity index (χ4n) is 3.15. The first-order valence-corrected chi connectivity index (χ1v) is 7.05. The maximum Gasteiger partial charge on any atom is 0.129 e. The van der Waals surface area contributed by atoms with E-state index in [0.717, 1.165) is 25.2 Å². The van der Waals surface area contributed by atoms with Crippen molar-refractivity contribution in [3.05, 3.63) is 29.3 Å². The summed E-state index contributed by atoms with van der Waals surface area (Å²) in [5, 5.41) is 7.63. The number of rotatable bonds is 4. The molecule has 0 radical (unpaired) electrons. The van der Waals surface area contributed by atoms with Crippen LogP contribution in [0, 0.1) is 5.41 Å². The van der Waals surface area contributed by atoms with E-state index in [9.17, 15) is 0 Å². The van der Waals surface area contributed by atoms with Gasteiger partial charge in [-0.05, 0) is 30.5 Å². The molecule has 0 amide bonds. The molecule has 1 aromatic rings. The molecule has 2 aliphatic heterocycles. The molecule has 5 nitrogen and oxygen atoms in total. The van der Waals surface area contributed by atoms with Crippen LogP contribution in [0.15, 0.2) is 18.2 Å². The molecule has 20 heavy (non-hydrogen) atoms. The van der Waals surface area contributed by atoms with E-state index in [2.05, 4.69) is 4.90 Å². The smallest absolute Gasteiger partial charge is 0.129 e. The summed E-state index contributed by atoms with van der Waals surface area (Å²) in [5.41, 5.74) is 7.45. The highest BCUT2D eigenvalue weighted by atomic mass is 16.5. The molecular formula is C15H21N3O2. The first kappa shape index (κ1) is 13.4. The highest BCUT2D eigenvalue weighted by Gasteiger charge is 2.33. The van der Waals surface area contributed by atoms with Crippen molar-refractivity contribution in [3.63, 3.8) is 0 Å². The summed E-state index contributed by atoms with van der Waals surface area (Å²) in [4.78, 5) is 2.43. The van der Waals surface area contributed by atoms with Crippen molar-refractivity contribution >= 4 is 5.84 Å². The van der Waals surface area contributed by atoms with Gasteiger partial charge in [-0.2, -0.15) is 0 Å². The van der Waals surface area contributed by atoms with Crippen molar-refractivity contribution in [1.29, 1.82) is 5.41 Å². The standard InChI is InChI=1S/C15H21N3O2/c1-19-14-5-2-10(6-13(14)15(16)17)7-18-8-11-3-4-12(9-18)20-11/h2,5-6,11-12H,3-4,7-9H2,1H3,(H3,16,17). The Kier molecular flexibility index (Phi) is 3.63. The zero-order chi connectivity index (χ0) is 14.1.